The van der Waals surface area contributed by atoms with E-state index in [-0.39, 0.29) is 131 Å². The molecule has 0 aromatic carbocycles. The van der Waals surface area contributed by atoms with Gasteiger partial charge < -0.3 is 21.9 Å². The second-order valence-corrected chi connectivity index (χ2v) is 0. The van der Waals surface area contributed by atoms with Crippen molar-refractivity contribution in [3.05, 3.63) is 0 Å². The van der Waals surface area contributed by atoms with Gasteiger partial charge in [-0.05, 0) is 0 Å². The van der Waals surface area contributed by atoms with Gasteiger partial charge in [0, 0.05) is 0 Å². The fraction of sp³-hybridized carbons (Fsp3) is 0. The first-order valence-corrected chi connectivity index (χ1v) is 0. The minimum atomic E-state index is 0. The molecule has 0 radical (unpaired) electrons. The smallest absolute Gasteiger partial charge is 2.00 e. The second-order valence-electron chi connectivity index (χ2n) is 0. The molecule has 0 aliphatic heterocycles. The van der Waals surface area contributed by atoms with Crippen LogP contribution in [0.15, 0.2) is 0 Å². The molecule has 0 aliphatic rings. The van der Waals surface area contributed by atoms with E-state index in [9.17, 15) is 0 Å². The van der Waals surface area contributed by atoms with E-state index in [0.29, 0.717) is 0 Å². The average molecular weight is 514 g/mol. The molecular formula is Cd4O4. The van der Waals surface area contributed by atoms with Crippen molar-refractivity contribution in [3.63, 3.8) is 0 Å². The monoisotopic (exact) mass is 520 g/mol. The van der Waals surface area contributed by atoms with Gasteiger partial charge in [0.05, 0.1) is 0 Å². The topological polar surface area (TPSA) is 114 Å². The summed E-state index contributed by atoms with van der Waals surface area (Å²) in [7, 11) is 0. The van der Waals surface area contributed by atoms with Gasteiger partial charge in [0.1, 0.15) is 0 Å². The first-order valence-electron chi connectivity index (χ1n) is 0. The van der Waals surface area contributed by atoms with Crippen LogP contribution in [-0.2, 0) is 131 Å². The first-order chi connectivity index (χ1) is 0. The molecule has 0 N–H and O–H groups in total. The maximum Gasteiger partial charge on any atom is 2.00 e. The summed E-state index contributed by atoms with van der Waals surface area (Å²) >= 11 is 0. The molecular weight excluding hydrogens is 514 g/mol. The van der Waals surface area contributed by atoms with Crippen LogP contribution in [0.3, 0.4) is 0 Å². The predicted octanol–water partition coefficient (Wildman–Crippen LogP) is -0.485. The molecule has 0 unspecified atom stereocenters. The van der Waals surface area contributed by atoms with Crippen molar-refractivity contribution in [2.45, 2.75) is 0 Å². The summed E-state index contributed by atoms with van der Waals surface area (Å²) in [5.74, 6) is 0. The zero-order valence-electron chi connectivity index (χ0n) is 4.46. The third-order valence-corrected chi connectivity index (χ3v) is 0. The molecule has 0 atom stereocenters. The van der Waals surface area contributed by atoms with Gasteiger partial charge in [-0.2, -0.15) is 0 Å². The van der Waals surface area contributed by atoms with E-state index in [1.54, 1.807) is 0 Å². The molecule has 0 saturated carbocycles. The standard InChI is InChI=1S/4Cd.4O/q4*+2;4*-2. The van der Waals surface area contributed by atoms with Crippen LogP contribution in [0, 0.1) is 0 Å². The van der Waals surface area contributed by atoms with Crippen LogP contribution in [-0.4, -0.2) is 0 Å². The fourth-order valence-electron chi connectivity index (χ4n) is 0. The van der Waals surface area contributed by atoms with Crippen LogP contribution < -0.4 is 0 Å². The van der Waals surface area contributed by atoms with Gasteiger partial charge in [0.25, 0.3) is 0 Å². The second kappa shape index (κ2) is 76.8. The van der Waals surface area contributed by atoms with Crippen molar-refractivity contribution in [1.82, 2.24) is 0 Å². The molecule has 0 spiro atoms. The van der Waals surface area contributed by atoms with Crippen molar-refractivity contribution in [2.75, 3.05) is 0 Å². The maximum atomic E-state index is 0. The van der Waals surface area contributed by atoms with Crippen molar-refractivity contribution < 1.29 is 131 Å². The Hall–Kier alpha value is 3.53. The molecule has 0 rings (SSSR count). The van der Waals surface area contributed by atoms with E-state index in [1.165, 1.54) is 0 Å². The molecule has 0 heterocycles. The first kappa shape index (κ1) is 103. The maximum absolute atomic E-state index is 0. The summed E-state index contributed by atoms with van der Waals surface area (Å²) in [4.78, 5) is 0. The Labute approximate surface area is 128 Å². The van der Waals surface area contributed by atoms with Gasteiger partial charge in [0.15, 0.2) is 0 Å². The zero-order chi connectivity index (χ0) is 0. The molecule has 8 heavy (non-hydrogen) atoms. The Morgan fingerprint density at radius 3 is 0.250 bits per heavy atom. The molecule has 0 bridgehead atoms. The molecule has 0 fully saturated rings. The van der Waals surface area contributed by atoms with Crippen LogP contribution in [0.2, 0.25) is 0 Å². The molecule has 8 heteroatoms. The SMILES string of the molecule is [Cd+2].[Cd+2].[Cd+2].[Cd+2].[O-2].[O-2].[O-2].[O-2]. The van der Waals surface area contributed by atoms with Gasteiger partial charge in [-0.1, -0.05) is 0 Å². The van der Waals surface area contributed by atoms with E-state index >= 15 is 0 Å². The van der Waals surface area contributed by atoms with Crippen LogP contribution in [0.4, 0.5) is 0 Å². The molecule has 0 amide bonds. The summed E-state index contributed by atoms with van der Waals surface area (Å²) in [5, 5.41) is 0. The van der Waals surface area contributed by atoms with Crippen LogP contribution in [0.5, 0.6) is 0 Å². The Balaban J connectivity index is 0. The van der Waals surface area contributed by atoms with E-state index in [1.807, 2.05) is 0 Å². The molecule has 0 saturated heterocycles. The summed E-state index contributed by atoms with van der Waals surface area (Å²) < 4.78 is 0. The number of rotatable bonds is 0. The molecule has 4 nitrogen and oxygen atoms in total. The summed E-state index contributed by atoms with van der Waals surface area (Å²) in [6, 6.07) is 0. The minimum Gasteiger partial charge on any atom is -2.00 e. The van der Waals surface area contributed by atoms with Crippen molar-refractivity contribution >= 4 is 0 Å². The van der Waals surface area contributed by atoms with Gasteiger partial charge in [-0.25, -0.2) is 0 Å². The Bertz CT molecular complexity index is 8.00. The largest absolute Gasteiger partial charge is 2.00 e. The molecule has 32 valence electrons. The van der Waals surface area contributed by atoms with Crippen LogP contribution >= 0.6 is 0 Å². The Kier molecular flexibility index (Phi) is 985. The fourth-order valence-corrected chi connectivity index (χ4v) is 0. The van der Waals surface area contributed by atoms with Gasteiger partial charge in [-0.15, -0.1) is 0 Å². The predicted molar refractivity (Wildman–Crippen MR) is 2.75 cm³/mol. The zero-order valence-corrected chi connectivity index (χ0v) is 20.6. The molecule has 0 aliphatic carbocycles. The van der Waals surface area contributed by atoms with E-state index in [2.05, 4.69) is 0 Å². The van der Waals surface area contributed by atoms with Crippen molar-refractivity contribution in [3.8, 4) is 0 Å². The van der Waals surface area contributed by atoms with E-state index < -0.39 is 0 Å². The summed E-state index contributed by atoms with van der Waals surface area (Å²) in [6.07, 6.45) is 0. The van der Waals surface area contributed by atoms with E-state index in [0.717, 1.165) is 0 Å². The Morgan fingerprint density at radius 1 is 0.250 bits per heavy atom. The third kappa shape index (κ3) is 55.7. The molecule has 0 aromatic heterocycles. The number of hydrogen-bond donors (Lipinski definition) is 0. The summed E-state index contributed by atoms with van der Waals surface area (Å²) in [5.41, 5.74) is 0. The van der Waals surface area contributed by atoms with E-state index in [4.69, 9.17) is 0 Å². The van der Waals surface area contributed by atoms with Crippen molar-refractivity contribution in [2.24, 2.45) is 0 Å². The van der Waals surface area contributed by atoms with Crippen molar-refractivity contribution in [1.29, 1.82) is 0 Å². The average Bonchev–Trinajstić information content (AvgIpc) is 0. The van der Waals surface area contributed by atoms with Crippen LogP contribution in [0.25, 0.3) is 0 Å². The number of hydrogen-bond acceptors (Lipinski definition) is 0. The summed E-state index contributed by atoms with van der Waals surface area (Å²) in [6.45, 7) is 0. The quantitative estimate of drug-likeness (QED) is 0.390. The third-order valence-electron chi connectivity index (χ3n) is 0. The molecule has 0 aromatic rings. The Morgan fingerprint density at radius 2 is 0.250 bits per heavy atom. The van der Waals surface area contributed by atoms with Crippen LogP contribution in [0.1, 0.15) is 0 Å². The van der Waals surface area contributed by atoms with Gasteiger partial charge in [-0.3, -0.25) is 0 Å². The minimum absolute atomic E-state index is 0. The normalized spacial score (nSPS) is 0. The van der Waals surface area contributed by atoms with Gasteiger partial charge >= 0.3 is 109 Å². The van der Waals surface area contributed by atoms with Gasteiger partial charge in [0.2, 0.25) is 0 Å².